The van der Waals surface area contributed by atoms with Gasteiger partial charge in [0.1, 0.15) is 12.4 Å². The van der Waals surface area contributed by atoms with Gasteiger partial charge in [0.25, 0.3) is 0 Å². The van der Waals surface area contributed by atoms with Crippen LogP contribution in [-0.4, -0.2) is 61.1 Å². The summed E-state index contributed by atoms with van der Waals surface area (Å²) in [5, 5.41) is 15.4. The Labute approximate surface area is 209 Å². The van der Waals surface area contributed by atoms with Crippen LogP contribution in [0.2, 0.25) is 0 Å². The zero-order chi connectivity index (χ0) is 22.1. The molecule has 0 bridgehead atoms. The third-order valence-electron chi connectivity index (χ3n) is 6.15. The minimum Gasteiger partial charge on any atom is -0.385 e. The number of methoxy groups -OCH3 is 1. The van der Waals surface area contributed by atoms with E-state index in [9.17, 15) is 0 Å². The van der Waals surface area contributed by atoms with E-state index in [1.807, 2.05) is 24.6 Å². The van der Waals surface area contributed by atoms with Gasteiger partial charge in [-0.25, -0.2) is 4.99 Å². The summed E-state index contributed by atoms with van der Waals surface area (Å²) in [5.74, 6) is 2.60. The number of hydrogen-bond donors (Lipinski definition) is 2. The SMILES string of the molecule is COCCC1(CNC(=NCc2nnc(C)n2C)NCCCN(C)c2ccccc2)CC1.I. The number of ether oxygens (including phenoxy) is 1. The number of rotatable bonds is 12. The number of halogens is 1. The molecule has 1 heterocycles. The van der Waals surface area contributed by atoms with Gasteiger partial charge in [0.2, 0.25) is 0 Å². The molecule has 0 amide bonds. The second kappa shape index (κ2) is 13.0. The molecule has 1 fully saturated rings. The van der Waals surface area contributed by atoms with Gasteiger partial charge in [-0.05, 0) is 50.2 Å². The highest BCUT2D eigenvalue weighted by molar-refractivity contribution is 14.0. The molecule has 0 radical (unpaired) electrons. The number of aryl methyl sites for hydroxylation is 1. The molecular formula is C23H38IN7O. The van der Waals surface area contributed by atoms with Crippen molar-refractivity contribution in [2.24, 2.45) is 17.5 Å². The highest BCUT2D eigenvalue weighted by Gasteiger charge is 2.41. The summed E-state index contributed by atoms with van der Waals surface area (Å²) in [4.78, 5) is 7.06. The fourth-order valence-electron chi connectivity index (χ4n) is 3.53. The van der Waals surface area contributed by atoms with Crippen molar-refractivity contribution in [2.75, 3.05) is 45.3 Å². The van der Waals surface area contributed by atoms with E-state index in [1.165, 1.54) is 18.5 Å². The van der Waals surface area contributed by atoms with Crippen molar-refractivity contribution in [1.82, 2.24) is 25.4 Å². The number of aliphatic imine (C=N–C) groups is 1. The molecule has 0 aliphatic heterocycles. The third kappa shape index (κ3) is 7.91. The number of guanidine groups is 1. The normalized spacial score (nSPS) is 14.6. The summed E-state index contributed by atoms with van der Waals surface area (Å²) in [5.41, 5.74) is 1.59. The molecule has 0 saturated heterocycles. The Morgan fingerprint density at radius 1 is 1.22 bits per heavy atom. The molecule has 0 atom stereocenters. The number of aromatic nitrogens is 3. The maximum absolute atomic E-state index is 5.29. The van der Waals surface area contributed by atoms with E-state index in [0.29, 0.717) is 12.0 Å². The summed E-state index contributed by atoms with van der Waals surface area (Å²) in [6.07, 6.45) is 4.61. The van der Waals surface area contributed by atoms with Gasteiger partial charge in [-0.3, -0.25) is 0 Å². The first-order chi connectivity index (χ1) is 15.0. The monoisotopic (exact) mass is 555 g/mol. The molecule has 1 aliphatic carbocycles. The second-order valence-corrected chi connectivity index (χ2v) is 8.52. The van der Waals surface area contributed by atoms with Gasteiger partial charge in [0.15, 0.2) is 11.8 Å². The van der Waals surface area contributed by atoms with Crippen LogP contribution in [0.25, 0.3) is 0 Å². The average Bonchev–Trinajstić information content (AvgIpc) is 3.50. The zero-order valence-electron chi connectivity index (χ0n) is 19.8. The summed E-state index contributed by atoms with van der Waals surface area (Å²) in [7, 11) is 5.88. The summed E-state index contributed by atoms with van der Waals surface area (Å²) >= 11 is 0. The lowest BCUT2D eigenvalue weighted by Gasteiger charge is -2.21. The molecule has 178 valence electrons. The van der Waals surface area contributed by atoms with Gasteiger partial charge in [0, 0.05) is 53.1 Å². The number of benzene rings is 1. The molecule has 1 aliphatic rings. The third-order valence-corrected chi connectivity index (χ3v) is 6.15. The van der Waals surface area contributed by atoms with Crippen LogP contribution in [0.15, 0.2) is 35.3 Å². The highest BCUT2D eigenvalue weighted by Crippen LogP contribution is 2.48. The molecule has 1 saturated carbocycles. The van der Waals surface area contributed by atoms with Crippen LogP contribution >= 0.6 is 24.0 Å². The first-order valence-electron chi connectivity index (χ1n) is 11.2. The van der Waals surface area contributed by atoms with Crippen LogP contribution in [0.3, 0.4) is 0 Å². The van der Waals surface area contributed by atoms with E-state index in [4.69, 9.17) is 9.73 Å². The van der Waals surface area contributed by atoms with Crippen LogP contribution in [-0.2, 0) is 18.3 Å². The molecule has 3 rings (SSSR count). The van der Waals surface area contributed by atoms with Gasteiger partial charge in [0.05, 0.1) is 0 Å². The van der Waals surface area contributed by atoms with Crippen molar-refractivity contribution >= 4 is 35.6 Å². The van der Waals surface area contributed by atoms with Crippen LogP contribution in [0.1, 0.15) is 37.3 Å². The molecule has 1 aromatic carbocycles. The van der Waals surface area contributed by atoms with Crippen molar-refractivity contribution in [3.63, 3.8) is 0 Å². The number of nitrogens with zero attached hydrogens (tertiary/aromatic N) is 5. The molecule has 32 heavy (non-hydrogen) atoms. The number of hydrogen-bond acceptors (Lipinski definition) is 5. The van der Waals surface area contributed by atoms with E-state index >= 15 is 0 Å². The van der Waals surface area contributed by atoms with E-state index in [0.717, 1.165) is 56.7 Å². The minimum atomic E-state index is 0. The highest BCUT2D eigenvalue weighted by atomic mass is 127. The lowest BCUT2D eigenvalue weighted by atomic mass is 10.0. The second-order valence-electron chi connectivity index (χ2n) is 8.52. The smallest absolute Gasteiger partial charge is 0.191 e. The van der Waals surface area contributed by atoms with Gasteiger partial charge in [-0.15, -0.1) is 34.2 Å². The van der Waals surface area contributed by atoms with E-state index < -0.39 is 0 Å². The summed E-state index contributed by atoms with van der Waals surface area (Å²) < 4.78 is 7.27. The molecule has 2 aromatic rings. The van der Waals surface area contributed by atoms with Crippen molar-refractivity contribution in [3.8, 4) is 0 Å². The van der Waals surface area contributed by atoms with Crippen LogP contribution in [0.4, 0.5) is 5.69 Å². The first kappa shape index (κ1) is 26.4. The predicted molar refractivity (Wildman–Crippen MR) is 141 cm³/mol. The minimum absolute atomic E-state index is 0. The first-order valence-corrected chi connectivity index (χ1v) is 11.2. The van der Waals surface area contributed by atoms with E-state index in [-0.39, 0.29) is 24.0 Å². The van der Waals surface area contributed by atoms with Crippen LogP contribution < -0.4 is 15.5 Å². The Morgan fingerprint density at radius 2 is 1.97 bits per heavy atom. The van der Waals surface area contributed by atoms with Gasteiger partial charge in [-0.2, -0.15) is 0 Å². The standard InChI is InChI=1S/C23H37N7O.HI/c1-19-27-28-21(30(19)3)17-25-22(26-18-23(11-12-23)13-16-31-4)24-14-8-15-29(2)20-9-6-5-7-10-20;/h5-7,9-10H,8,11-18H2,1-4H3,(H2,24,25,26);1H. The average molecular weight is 556 g/mol. The number of anilines is 1. The van der Waals surface area contributed by atoms with Crippen LogP contribution in [0.5, 0.6) is 0 Å². The largest absolute Gasteiger partial charge is 0.385 e. The van der Waals surface area contributed by atoms with Crippen molar-refractivity contribution in [1.29, 1.82) is 0 Å². The maximum atomic E-state index is 5.29. The van der Waals surface area contributed by atoms with E-state index in [2.05, 4.69) is 57.0 Å². The van der Waals surface area contributed by atoms with Gasteiger partial charge >= 0.3 is 0 Å². The summed E-state index contributed by atoms with van der Waals surface area (Å²) in [6, 6.07) is 10.5. The molecule has 8 nitrogen and oxygen atoms in total. The molecule has 9 heteroatoms. The van der Waals surface area contributed by atoms with Crippen LogP contribution in [0, 0.1) is 12.3 Å². The van der Waals surface area contributed by atoms with E-state index in [1.54, 1.807) is 7.11 Å². The lowest BCUT2D eigenvalue weighted by molar-refractivity contribution is 0.172. The fraction of sp³-hybridized carbons (Fsp3) is 0.609. The predicted octanol–water partition coefficient (Wildman–Crippen LogP) is 3.12. The Balaban J connectivity index is 0.00000363. The zero-order valence-corrected chi connectivity index (χ0v) is 22.1. The Hall–Kier alpha value is -1.88. The lowest BCUT2D eigenvalue weighted by Crippen LogP contribution is -2.41. The topological polar surface area (TPSA) is 79.6 Å². The maximum Gasteiger partial charge on any atom is 0.191 e. The number of para-hydroxylation sites is 1. The molecule has 1 aromatic heterocycles. The van der Waals surface area contributed by atoms with Gasteiger partial charge in [-0.1, -0.05) is 18.2 Å². The summed E-state index contributed by atoms with van der Waals surface area (Å²) in [6.45, 7) is 6.02. The molecule has 0 unspecified atom stereocenters. The number of nitrogens with one attached hydrogen (secondary N) is 2. The quantitative estimate of drug-likeness (QED) is 0.181. The fourth-order valence-corrected chi connectivity index (χ4v) is 3.53. The van der Waals surface area contributed by atoms with Crippen molar-refractivity contribution < 1.29 is 4.74 Å². The Bertz CT molecular complexity index is 836. The molecule has 0 spiro atoms. The Kier molecular flexibility index (Phi) is 10.7. The van der Waals surface area contributed by atoms with Crippen molar-refractivity contribution in [3.05, 3.63) is 42.0 Å². The molecule has 2 N–H and O–H groups in total. The van der Waals surface area contributed by atoms with Crippen molar-refractivity contribution in [2.45, 2.75) is 39.2 Å². The molecular weight excluding hydrogens is 517 g/mol. The Morgan fingerprint density at radius 3 is 2.59 bits per heavy atom. The van der Waals surface area contributed by atoms with Gasteiger partial charge < -0.3 is 24.8 Å².